The van der Waals surface area contributed by atoms with E-state index in [2.05, 4.69) is 54.4 Å². The molecule has 1 unspecified atom stereocenters. The molecule has 0 aliphatic heterocycles. The van der Waals surface area contributed by atoms with Gasteiger partial charge in [0.05, 0.1) is 6.61 Å². The zero-order chi connectivity index (χ0) is 14.4. The van der Waals surface area contributed by atoms with Crippen molar-refractivity contribution in [1.82, 2.24) is 10.2 Å². The molecule has 1 saturated carbocycles. The molecule has 0 amide bonds. The van der Waals surface area contributed by atoms with Crippen LogP contribution in [-0.2, 0) is 5.41 Å². The van der Waals surface area contributed by atoms with E-state index in [1.165, 1.54) is 18.4 Å². The van der Waals surface area contributed by atoms with Crippen molar-refractivity contribution >= 4 is 0 Å². The van der Waals surface area contributed by atoms with E-state index in [1.54, 1.807) is 0 Å². The minimum atomic E-state index is 0.0923. The minimum absolute atomic E-state index is 0.0923. The lowest BCUT2D eigenvalue weighted by molar-refractivity contribution is 0.158. The predicted molar refractivity (Wildman–Crippen MR) is 84.0 cm³/mol. The van der Waals surface area contributed by atoms with Crippen LogP contribution >= 0.6 is 0 Å². The average molecular weight is 276 g/mol. The zero-order valence-corrected chi connectivity index (χ0v) is 12.8. The lowest BCUT2D eigenvalue weighted by Crippen LogP contribution is -2.47. The lowest BCUT2D eigenvalue weighted by atomic mass is 9.81. The van der Waals surface area contributed by atoms with Crippen LogP contribution in [0.4, 0.5) is 0 Å². The van der Waals surface area contributed by atoms with Crippen molar-refractivity contribution in [3.63, 3.8) is 0 Å². The van der Waals surface area contributed by atoms with Gasteiger partial charge in [-0.3, -0.25) is 4.90 Å². The topological polar surface area (TPSA) is 35.5 Å². The first-order chi connectivity index (χ1) is 9.69. The first-order valence-electron chi connectivity index (χ1n) is 7.81. The number of nitrogens with one attached hydrogen (secondary N) is 1. The zero-order valence-electron chi connectivity index (χ0n) is 12.8. The quantitative estimate of drug-likeness (QED) is 0.724. The lowest BCUT2D eigenvalue weighted by Gasteiger charge is -2.36. The third kappa shape index (κ3) is 4.05. The van der Waals surface area contributed by atoms with Crippen LogP contribution in [0.15, 0.2) is 30.3 Å². The summed E-state index contributed by atoms with van der Waals surface area (Å²) in [7, 11) is 0. The molecule has 1 aliphatic rings. The molecule has 1 atom stereocenters. The van der Waals surface area contributed by atoms with Gasteiger partial charge in [0.1, 0.15) is 0 Å². The van der Waals surface area contributed by atoms with Gasteiger partial charge < -0.3 is 10.4 Å². The number of rotatable bonds is 9. The Bertz CT molecular complexity index is 391. The Hall–Kier alpha value is -0.900. The van der Waals surface area contributed by atoms with Crippen LogP contribution in [0.2, 0.25) is 0 Å². The van der Waals surface area contributed by atoms with Crippen LogP contribution in [0, 0.1) is 0 Å². The van der Waals surface area contributed by atoms with E-state index in [9.17, 15) is 5.11 Å². The van der Waals surface area contributed by atoms with Crippen molar-refractivity contribution < 1.29 is 5.11 Å². The maximum atomic E-state index is 9.30. The summed E-state index contributed by atoms with van der Waals surface area (Å²) in [5.74, 6) is 0. The molecule has 1 aromatic rings. The molecule has 0 aromatic heterocycles. The number of nitrogens with zero attached hydrogens (tertiary/aromatic N) is 1. The number of likely N-dealkylation sites (N-methyl/N-ethyl adjacent to an activating group) is 1. The summed E-state index contributed by atoms with van der Waals surface area (Å²) in [6, 6.07) is 11.4. The largest absolute Gasteiger partial charge is 0.395 e. The molecule has 1 fully saturated rings. The Balaban J connectivity index is 2.13. The predicted octanol–water partition coefficient (Wildman–Crippen LogP) is 2.01. The highest BCUT2D eigenvalue weighted by Gasteiger charge is 2.35. The summed E-state index contributed by atoms with van der Waals surface area (Å²) in [4.78, 5) is 2.46. The van der Waals surface area contributed by atoms with Crippen molar-refractivity contribution in [2.24, 2.45) is 0 Å². The van der Waals surface area contributed by atoms with Crippen molar-refractivity contribution in [3.8, 4) is 0 Å². The Kier molecular flexibility index (Phi) is 5.58. The van der Waals surface area contributed by atoms with Gasteiger partial charge in [-0.2, -0.15) is 0 Å². The monoisotopic (exact) mass is 276 g/mol. The maximum absolute atomic E-state index is 9.30. The van der Waals surface area contributed by atoms with Crippen LogP contribution in [0.1, 0.15) is 32.3 Å². The highest BCUT2D eigenvalue weighted by molar-refractivity contribution is 5.26. The smallest absolute Gasteiger partial charge is 0.0558 e. The normalized spacial score (nSPS) is 18.2. The van der Waals surface area contributed by atoms with Crippen LogP contribution in [-0.4, -0.2) is 48.8 Å². The molecule has 2 N–H and O–H groups in total. The molecule has 0 bridgehead atoms. The Labute approximate surface area is 123 Å². The van der Waals surface area contributed by atoms with Crippen LogP contribution in [0.3, 0.4) is 0 Å². The second-order valence-electron chi connectivity index (χ2n) is 6.13. The van der Waals surface area contributed by atoms with E-state index in [-0.39, 0.29) is 12.0 Å². The highest BCUT2D eigenvalue weighted by Crippen LogP contribution is 2.31. The van der Waals surface area contributed by atoms with Crippen molar-refractivity contribution in [1.29, 1.82) is 0 Å². The maximum Gasteiger partial charge on any atom is 0.0558 e. The van der Waals surface area contributed by atoms with Gasteiger partial charge in [0.2, 0.25) is 0 Å². The van der Waals surface area contributed by atoms with Gasteiger partial charge in [-0.05, 0) is 24.9 Å². The van der Waals surface area contributed by atoms with Crippen LogP contribution in [0.25, 0.3) is 0 Å². The summed E-state index contributed by atoms with van der Waals surface area (Å²) < 4.78 is 0. The SMILES string of the molecule is CCNCC(C)(CN(CCO)C1CC1)c1ccccc1. The molecular formula is C17H28N2O. The van der Waals surface area contributed by atoms with Gasteiger partial charge in [-0.1, -0.05) is 44.2 Å². The van der Waals surface area contributed by atoms with Crippen molar-refractivity contribution in [2.75, 3.05) is 32.8 Å². The molecule has 3 heteroatoms. The summed E-state index contributed by atoms with van der Waals surface area (Å²) >= 11 is 0. The molecule has 20 heavy (non-hydrogen) atoms. The highest BCUT2D eigenvalue weighted by atomic mass is 16.3. The standard InChI is InChI=1S/C17H28N2O/c1-3-18-13-17(2,15-7-5-4-6-8-15)14-19(11-12-20)16-9-10-16/h4-8,16,18,20H,3,9-14H2,1-2H3. The van der Waals surface area contributed by atoms with Gasteiger partial charge in [-0.25, -0.2) is 0 Å². The van der Waals surface area contributed by atoms with Crippen LogP contribution < -0.4 is 5.32 Å². The van der Waals surface area contributed by atoms with Crippen LogP contribution in [0.5, 0.6) is 0 Å². The summed E-state index contributed by atoms with van der Waals surface area (Å²) in [5.41, 5.74) is 1.47. The average Bonchev–Trinajstić information content (AvgIpc) is 3.30. The minimum Gasteiger partial charge on any atom is -0.395 e. The third-order valence-electron chi connectivity index (χ3n) is 4.24. The molecule has 0 saturated heterocycles. The molecule has 0 spiro atoms. The summed E-state index contributed by atoms with van der Waals surface area (Å²) in [6.45, 7) is 8.50. The van der Waals surface area contributed by atoms with E-state index >= 15 is 0 Å². The number of benzene rings is 1. The third-order valence-corrected chi connectivity index (χ3v) is 4.24. The molecule has 0 heterocycles. The fourth-order valence-electron chi connectivity index (χ4n) is 2.90. The molecular weight excluding hydrogens is 248 g/mol. The van der Waals surface area contributed by atoms with E-state index < -0.39 is 0 Å². The Morgan fingerprint density at radius 3 is 2.55 bits per heavy atom. The molecule has 1 aliphatic carbocycles. The van der Waals surface area contributed by atoms with E-state index in [4.69, 9.17) is 0 Å². The fraction of sp³-hybridized carbons (Fsp3) is 0.647. The Morgan fingerprint density at radius 1 is 1.30 bits per heavy atom. The number of aliphatic hydroxyl groups is 1. The second-order valence-corrected chi connectivity index (χ2v) is 6.13. The number of aliphatic hydroxyl groups excluding tert-OH is 1. The number of hydrogen-bond donors (Lipinski definition) is 2. The molecule has 3 nitrogen and oxygen atoms in total. The molecule has 0 radical (unpaired) electrons. The first kappa shape index (κ1) is 15.5. The fourth-order valence-corrected chi connectivity index (χ4v) is 2.90. The molecule has 112 valence electrons. The van der Waals surface area contributed by atoms with Crippen molar-refractivity contribution in [2.45, 2.75) is 38.1 Å². The Morgan fingerprint density at radius 2 is 2.00 bits per heavy atom. The van der Waals surface area contributed by atoms with E-state index in [0.29, 0.717) is 6.04 Å². The van der Waals surface area contributed by atoms with Gasteiger partial charge in [0.15, 0.2) is 0 Å². The van der Waals surface area contributed by atoms with E-state index in [0.717, 1.165) is 26.2 Å². The van der Waals surface area contributed by atoms with Gasteiger partial charge in [-0.15, -0.1) is 0 Å². The summed E-state index contributed by atoms with van der Waals surface area (Å²) in [5, 5.41) is 12.8. The second kappa shape index (κ2) is 7.21. The number of hydrogen-bond acceptors (Lipinski definition) is 3. The molecule has 2 rings (SSSR count). The van der Waals surface area contributed by atoms with Crippen molar-refractivity contribution in [3.05, 3.63) is 35.9 Å². The van der Waals surface area contributed by atoms with Gasteiger partial charge in [0, 0.05) is 31.1 Å². The van der Waals surface area contributed by atoms with E-state index in [1.807, 2.05) is 0 Å². The molecule has 1 aromatic carbocycles. The van der Waals surface area contributed by atoms with Gasteiger partial charge >= 0.3 is 0 Å². The first-order valence-corrected chi connectivity index (χ1v) is 7.81. The van der Waals surface area contributed by atoms with Gasteiger partial charge in [0.25, 0.3) is 0 Å². The summed E-state index contributed by atoms with van der Waals surface area (Å²) in [6.07, 6.45) is 2.57.